The Morgan fingerprint density at radius 1 is 1.06 bits per heavy atom. The maximum absolute atomic E-state index is 13.3. The van der Waals surface area contributed by atoms with Gasteiger partial charge in [-0.3, -0.25) is 9.59 Å². The van der Waals surface area contributed by atoms with Crippen LogP contribution in [0.1, 0.15) is 23.1 Å². The Labute approximate surface area is 203 Å². The molecule has 0 radical (unpaired) electrons. The zero-order valence-electron chi connectivity index (χ0n) is 18.5. The molecule has 176 valence electrons. The Morgan fingerprint density at radius 2 is 1.82 bits per heavy atom. The first-order chi connectivity index (χ1) is 16.2. The summed E-state index contributed by atoms with van der Waals surface area (Å²) in [6.07, 6.45) is 0.904. The number of nitrogens with one attached hydrogen (secondary N) is 3. The lowest BCUT2D eigenvalue weighted by molar-refractivity contribution is -0.118. The van der Waals surface area contributed by atoms with E-state index >= 15 is 0 Å². The second kappa shape index (κ2) is 9.97. The standard InChI is InChI=1S/C25H24ClN3O4S/c1-16-20(26)8-5-9-21(16)28-25(31)23(14-17-6-3-2-4-7-17)29-34(32,33)19-11-12-22-18(15-19)10-13-24(30)27-22/h2-9,11-12,15,23,29H,10,13-14H2,1H3,(H,27,30)(H,28,31). The Hall–Kier alpha value is -3.20. The van der Waals surface area contributed by atoms with E-state index < -0.39 is 22.0 Å². The summed E-state index contributed by atoms with van der Waals surface area (Å²) >= 11 is 6.17. The predicted molar refractivity (Wildman–Crippen MR) is 132 cm³/mol. The van der Waals surface area contributed by atoms with Crippen molar-refractivity contribution in [3.8, 4) is 0 Å². The van der Waals surface area contributed by atoms with E-state index in [0.717, 1.165) is 11.1 Å². The molecule has 1 unspecified atom stereocenters. The van der Waals surface area contributed by atoms with Crippen molar-refractivity contribution in [2.75, 3.05) is 10.6 Å². The van der Waals surface area contributed by atoms with Gasteiger partial charge in [-0.1, -0.05) is 48.0 Å². The molecule has 1 aliphatic rings. The van der Waals surface area contributed by atoms with E-state index in [1.165, 1.54) is 12.1 Å². The van der Waals surface area contributed by atoms with Crippen molar-refractivity contribution >= 4 is 44.8 Å². The number of benzene rings is 3. The van der Waals surface area contributed by atoms with E-state index in [2.05, 4.69) is 15.4 Å². The lowest BCUT2D eigenvalue weighted by Gasteiger charge is -2.21. The van der Waals surface area contributed by atoms with Gasteiger partial charge in [-0.2, -0.15) is 4.72 Å². The quantitative estimate of drug-likeness (QED) is 0.457. The predicted octanol–water partition coefficient (Wildman–Crippen LogP) is 4.06. The molecule has 0 saturated heterocycles. The van der Waals surface area contributed by atoms with Gasteiger partial charge in [0.05, 0.1) is 4.90 Å². The van der Waals surface area contributed by atoms with Crippen molar-refractivity contribution in [2.24, 2.45) is 0 Å². The van der Waals surface area contributed by atoms with Gasteiger partial charge in [0, 0.05) is 22.8 Å². The normalized spacial score (nSPS) is 14.1. The molecule has 4 rings (SSSR count). The molecule has 1 aliphatic heterocycles. The van der Waals surface area contributed by atoms with Crippen molar-refractivity contribution in [1.82, 2.24) is 4.72 Å². The van der Waals surface area contributed by atoms with E-state index in [0.29, 0.717) is 34.8 Å². The van der Waals surface area contributed by atoms with E-state index in [1.54, 1.807) is 31.2 Å². The van der Waals surface area contributed by atoms with E-state index in [9.17, 15) is 18.0 Å². The summed E-state index contributed by atoms with van der Waals surface area (Å²) in [7, 11) is -4.03. The van der Waals surface area contributed by atoms with Crippen molar-refractivity contribution < 1.29 is 18.0 Å². The fraction of sp³-hybridized carbons (Fsp3) is 0.200. The SMILES string of the molecule is Cc1c(Cl)cccc1NC(=O)C(Cc1ccccc1)NS(=O)(=O)c1ccc2c(c1)CCC(=O)N2. The molecule has 3 aromatic carbocycles. The summed E-state index contributed by atoms with van der Waals surface area (Å²) in [5, 5.41) is 6.04. The molecule has 3 aromatic rings. The first-order valence-electron chi connectivity index (χ1n) is 10.8. The smallest absolute Gasteiger partial charge is 0.242 e. The average Bonchev–Trinajstić information content (AvgIpc) is 2.81. The number of hydrogen-bond acceptors (Lipinski definition) is 4. The van der Waals surface area contributed by atoms with Crippen LogP contribution in [0.2, 0.25) is 5.02 Å². The second-order valence-corrected chi connectivity index (χ2v) is 10.3. The van der Waals surface area contributed by atoms with E-state index in [1.807, 2.05) is 30.3 Å². The van der Waals surface area contributed by atoms with E-state index in [-0.39, 0.29) is 17.2 Å². The van der Waals surface area contributed by atoms with Crippen LogP contribution in [-0.4, -0.2) is 26.3 Å². The Kier molecular flexibility index (Phi) is 7.02. The van der Waals surface area contributed by atoms with Crippen LogP contribution in [0.5, 0.6) is 0 Å². The minimum Gasteiger partial charge on any atom is -0.326 e. The van der Waals surface area contributed by atoms with Crippen molar-refractivity contribution in [1.29, 1.82) is 0 Å². The third-order valence-corrected chi connectivity index (χ3v) is 7.58. The average molecular weight is 498 g/mol. The van der Waals surface area contributed by atoms with Gasteiger partial charge >= 0.3 is 0 Å². The zero-order valence-corrected chi connectivity index (χ0v) is 20.0. The zero-order chi connectivity index (χ0) is 24.3. The van der Waals surface area contributed by atoms with E-state index in [4.69, 9.17) is 11.6 Å². The largest absolute Gasteiger partial charge is 0.326 e. The number of carbonyl (C=O) groups is 2. The van der Waals surface area contributed by atoms with Crippen LogP contribution in [0, 0.1) is 6.92 Å². The van der Waals surface area contributed by atoms with Crippen LogP contribution >= 0.6 is 11.6 Å². The molecule has 0 aliphatic carbocycles. The molecule has 7 nitrogen and oxygen atoms in total. The van der Waals surface area contributed by atoms with Gasteiger partial charge in [-0.15, -0.1) is 0 Å². The van der Waals surface area contributed by atoms with Gasteiger partial charge in [0.1, 0.15) is 6.04 Å². The molecule has 0 bridgehead atoms. The van der Waals surface area contributed by atoms with Crippen LogP contribution in [0.15, 0.2) is 71.6 Å². The molecular weight excluding hydrogens is 474 g/mol. The summed E-state index contributed by atoms with van der Waals surface area (Å²) < 4.78 is 29.1. The highest BCUT2D eigenvalue weighted by Gasteiger charge is 2.28. The fourth-order valence-corrected chi connectivity index (χ4v) is 5.20. The van der Waals surface area contributed by atoms with Crippen LogP contribution in [0.4, 0.5) is 11.4 Å². The van der Waals surface area contributed by atoms with Gasteiger partial charge in [0.25, 0.3) is 0 Å². The molecule has 0 fully saturated rings. The number of amides is 2. The maximum Gasteiger partial charge on any atom is 0.242 e. The summed E-state index contributed by atoms with van der Waals surface area (Å²) in [4.78, 5) is 24.9. The number of hydrogen-bond donors (Lipinski definition) is 3. The Morgan fingerprint density at radius 3 is 2.59 bits per heavy atom. The summed E-state index contributed by atoms with van der Waals surface area (Å²) in [6.45, 7) is 1.78. The van der Waals surface area contributed by atoms with Crippen LogP contribution in [0.25, 0.3) is 0 Å². The first kappa shape index (κ1) is 23.9. The summed E-state index contributed by atoms with van der Waals surface area (Å²) in [5.41, 5.74) is 3.35. The highest BCUT2D eigenvalue weighted by Crippen LogP contribution is 2.26. The van der Waals surface area contributed by atoms with Gasteiger partial charge in [-0.25, -0.2) is 8.42 Å². The Balaban J connectivity index is 1.61. The van der Waals surface area contributed by atoms with Gasteiger partial charge in [0.15, 0.2) is 0 Å². The highest BCUT2D eigenvalue weighted by molar-refractivity contribution is 7.89. The lowest BCUT2D eigenvalue weighted by atomic mass is 10.0. The molecule has 1 atom stereocenters. The number of carbonyl (C=O) groups excluding carboxylic acids is 2. The number of anilines is 2. The summed E-state index contributed by atoms with van der Waals surface area (Å²) in [6, 6.07) is 17.8. The van der Waals surface area contributed by atoms with Crippen molar-refractivity contribution in [3.63, 3.8) is 0 Å². The molecular formula is C25H24ClN3O4S. The number of sulfonamides is 1. The molecule has 34 heavy (non-hydrogen) atoms. The van der Waals surface area contributed by atoms with Crippen molar-refractivity contribution in [2.45, 2.75) is 37.1 Å². The molecule has 2 amide bonds. The fourth-order valence-electron chi connectivity index (χ4n) is 3.78. The molecule has 0 aromatic heterocycles. The molecule has 3 N–H and O–H groups in total. The lowest BCUT2D eigenvalue weighted by Crippen LogP contribution is -2.45. The molecule has 1 heterocycles. The monoisotopic (exact) mass is 497 g/mol. The molecule has 9 heteroatoms. The third-order valence-electron chi connectivity index (χ3n) is 5.70. The Bertz CT molecular complexity index is 1340. The van der Waals surface area contributed by atoms with Crippen LogP contribution in [-0.2, 0) is 32.5 Å². The highest BCUT2D eigenvalue weighted by atomic mass is 35.5. The maximum atomic E-state index is 13.3. The van der Waals surface area contributed by atoms with Gasteiger partial charge in [0.2, 0.25) is 21.8 Å². The minimum atomic E-state index is -4.03. The topological polar surface area (TPSA) is 104 Å². The second-order valence-electron chi connectivity index (χ2n) is 8.13. The third kappa shape index (κ3) is 5.47. The number of fused-ring (bicyclic) bond motifs is 1. The first-order valence-corrected chi connectivity index (χ1v) is 12.6. The molecule has 0 spiro atoms. The molecule has 0 saturated carbocycles. The minimum absolute atomic E-state index is 0.0344. The number of aryl methyl sites for hydroxylation is 1. The van der Waals surface area contributed by atoms with Gasteiger partial charge < -0.3 is 10.6 Å². The van der Waals surface area contributed by atoms with Crippen molar-refractivity contribution in [3.05, 3.63) is 88.4 Å². The van der Waals surface area contributed by atoms with Crippen LogP contribution in [0.3, 0.4) is 0 Å². The number of rotatable bonds is 7. The number of halogens is 1. The summed E-state index contributed by atoms with van der Waals surface area (Å²) in [5.74, 6) is -0.597. The van der Waals surface area contributed by atoms with Crippen LogP contribution < -0.4 is 15.4 Å². The van der Waals surface area contributed by atoms with Gasteiger partial charge in [-0.05, 0) is 66.8 Å².